The van der Waals surface area contributed by atoms with Crippen molar-refractivity contribution in [2.24, 2.45) is 5.41 Å². The summed E-state index contributed by atoms with van der Waals surface area (Å²) < 4.78 is 7.06. The summed E-state index contributed by atoms with van der Waals surface area (Å²) >= 11 is 2.24. The second kappa shape index (κ2) is 8.66. The first-order valence-electron chi connectivity index (χ1n) is 8.13. The summed E-state index contributed by atoms with van der Waals surface area (Å²) in [7, 11) is 3.54. The molecule has 0 aliphatic heterocycles. The van der Waals surface area contributed by atoms with Gasteiger partial charge < -0.3 is 9.64 Å². The van der Waals surface area contributed by atoms with Crippen molar-refractivity contribution < 1.29 is 9.53 Å². The van der Waals surface area contributed by atoms with Crippen LogP contribution >= 0.6 is 22.6 Å². The van der Waals surface area contributed by atoms with E-state index in [-0.39, 0.29) is 11.3 Å². The highest BCUT2D eigenvalue weighted by Gasteiger charge is 2.34. The van der Waals surface area contributed by atoms with Gasteiger partial charge in [0.1, 0.15) is 0 Å². The lowest BCUT2D eigenvalue weighted by atomic mass is 9.82. The van der Waals surface area contributed by atoms with Crippen LogP contribution in [-0.4, -0.2) is 36.5 Å². The summed E-state index contributed by atoms with van der Waals surface area (Å²) in [5.74, 6) is 0.750. The number of amides is 1. The van der Waals surface area contributed by atoms with Crippen LogP contribution in [0.15, 0.2) is 30.5 Å². The average molecular weight is 428 g/mol. The van der Waals surface area contributed by atoms with Gasteiger partial charge in [0.25, 0.3) is 0 Å². The van der Waals surface area contributed by atoms with Gasteiger partial charge in [0.15, 0.2) is 0 Å². The molecule has 1 saturated carbocycles. The number of hydrogen-bond acceptors (Lipinski definition) is 3. The van der Waals surface area contributed by atoms with Crippen LogP contribution in [0.2, 0.25) is 0 Å². The third-order valence-corrected chi connectivity index (χ3v) is 5.07. The lowest BCUT2D eigenvalue weighted by molar-refractivity contribution is -0.123. The summed E-state index contributed by atoms with van der Waals surface area (Å²) in [4.78, 5) is 17.5. The molecular weight excluding hydrogens is 403 g/mol. The predicted octanol–water partition coefficient (Wildman–Crippen LogP) is 4.05. The fourth-order valence-corrected chi connectivity index (χ4v) is 3.31. The van der Waals surface area contributed by atoms with Gasteiger partial charge in [-0.1, -0.05) is 18.9 Å². The Kier molecular flexibility index (Phi) is 6.87. The molecule has 2 rings (SSSR count). The highest BCUT2D eigenvalue weighted by atomic mass is 127. The second-order valence-electron chi connectivity index (χ2n) is 6.48. The fourth-order valence-electron chi connectivity index (χ4n) is 2.99. The van der Waals surface area contributed by atoms with Gasteiger partial charge in [0.2, 0.25) is 11.8 Å². The third kappa shape index (κ3) is 5.79. The van der Waals surface area contributed by atoms with Crippen molar-refractivity contribution in [1.82, 2.24) is 9.88 Å². The molecule has 0 unspecified atom stereocenters. The first-order valence-corrected chi connectivity index (χ1v) is 9.21. The van der Waals surface area contributed by atoms with E-state index in [1.54, 1.807) is 25.1 Å². The molecule has 0 aromatic carbocycles. The van der Waals surface area contributed by atoms with E-state index in [1.807, 2.05) is 24.4 Å². The normalized spacial score (nSPS) is 16.7. The number of halogens is 1. The van der Waals surface area contributed by atoms with E-state index in [4.69, 9.17) is 4.74 Å². The number of hydrogen-bond donors (Lipinski definition) is 0. The van der Waals surface area contributed by atoms with E-state index < -0.39 is 0 Å². The van der Waals surface area contributed by atoms with Crippen LogP contribution in [0.1, 0.15) is 38.5 Å². The molecule has 1 fully saturated rings. The van der Waals surface area contributed by atoms with E-state index >= 15 is 0 Å². The van der Waals surface area contributed by atoms with Crippen LogP contribution in [-0.2, 0) is 4.79 Å². The monoisotopic (exact) mass is 428 g/mol. The van der Waals surface area contributed by atoms with Crippen molar-refractivity contribution in [2.45, 2.75) is 38.5 Å². The molecule has 126 valence electrons. The molecule has 5 heteroatoms. The number of likely N-dealkylation sites (N-methyl/N-ethyl adjacent to an activating group) is 1. The fraction of sp³-hybridized carbons (Fsp3) is 0.556. The molecule has 0 radical (unpaired) electrons. The van der Waals surface area contributed by atoms with Crippen molar-refractivity contribution in [3.05, 3.63) is 34.1 Å². The molecule has 0 N–H and O–H groups in total. The van der Waals surface area contributed by atoms with Gasteiger partial charge in [-0.3, -0.25) is 4.79 Å². The molecule has 1 amide bonds. The second-order valence-corrected chi connectivity index (χ2v) is 7.73. The van der Waals surface area contributed by atoms with Crippen molar-refractivity contribution in [2.75, 3.05) is 20.7 Å². The zero-order valence-corrected chi connectivity index (χ0v) is 16.1. The van der Waals surface area contributed by atoms with E-state index in [2.05, 4.69) is 27.6 Å². The van der Waals surface area contributed by atoms with Gasteiger partial charge in [-0.05, 0) is 60.4 Å². The Labute approximate surface area is 152 Å². The number of carbonyl (C=O) groups excluding carboxylic acids is 1. The standard InChI is InChI=1S/C18H25IN2O2/c1-21(2)17(22)7-3-4-10-18(11-5-6-12-18)14-23-16-9-8-15(19)13-20-16/h3,7-9,13H,4-6,10-12,14H2,1-2H3/b7-3+. The molecule has 4 nitrogen and oxygen atoms in total. The molecule has 0 atom stereocenters. The first kappa shape index (κ1) is 18.2. The van der Waals surface area contributed by atoms with E-state index in [9.17, 15) is 4.79 Å². The molecule has 1 aliphatic carbocycles. The summed E-state index contributed by atoms with van der Waals surface area (Å²) in [5.41, 5.74) is 0.232. The maximum Gasteiger partial charge on any atom is 0.245 e. The smallest absolute Gasteiger partial charge is 0.245 e. The maximum absolute atomic E-state index is 11.6. The average Bonchev–Trinajstić information content (AvgIpc) is 3.00. The summed E-state index contributed by atoms with van der Waals surface area (Å²) in [6, 6.07) is 3.94. The Morgan fingerprint density at radius 2 is 2.13 bits per heavy atom. The number of nitrogens with zero attached hydrogens (tertiary/aromatic N) is 2. The molecular formula is C18H25IN2O2. The Balaban J connectivity index is 1.86. The highest BCUT2D eigenvalue weighted by molar-refractivity contribution is 14.1. The quantitative estimate of drug-likeness (QED) is 0.486. The molecule has 1 aliphatic rings. The van der Waals surface area contributed by atoms with E-state index in [1.165, 1.54) is 25.7 Å². The minimum atomic E-state index is 0.0461. The van der Waals surface area contributed by atoms with Gasteiger partial charge in [0.05, 0.1) is 6.61 Å². The van der Waals surface area contributed by atoms with Crippen LogP contribution in [0.5, 0.6) is 5.88 Å². The number of allylic oxidation sites excluding steroid dienone is 1. The molecule has 23 heavy (non-hydrogen) atoms. The lowest BCUT2D eigenvalue weighted by Gasteiger charge is -2.28. The first-order chi connectivity index (χ1) is 11.0. The van der Waals surface area contributed by atoms with Crippen LogP contribution in [0, 0.1) is 8.99 Å². The van der Waals surface area contributed by atoms with Crippen molar-refractivity contribution >= 4 is 28.5 Å². The minimum absolute atomic E-state index is 0.0461. The van der Waals surface area contributed by atoms with Gasteiger partial charge >= 0.3 is 0 Å². The van der Waals surface area contributed by atoms with Crippen molar-refractivity contribution in [3.63, 3.8) is 0 Å². The third-order valence-electron chi connectivity index (χ3n) is 4.43. The number of pyridine rings is 1. The number of ether oxygens (including phenoxy) is 1. The van der Waals surface area contributed by atoms with Gasteiger partial charge in [-0.2, -0.15) is 0 Å². The molecule has 0 spiro atoms. The van der Waals surface area contributed by atoms with E-state index in [0.717, 1.165) is 23.0 Å². The number of aromatic nitrogens is 1. The summed E-state index contributed by atoms with van der Waals surface area (Å²) in [6.45, 7) is 0.718. The predicted molar refractivity (Wildman–Crippen MR) is 100 cm³/mol. The van der Waals surface area contributed by atoms with Crippen LogP contribution < -0.4 is 4.74 Å². The van der Waals surface area contributed by atoms with Gasteiger partial charge in [-0.15, -0.1) is 0 Å². The van der Waals surface area contributed by atoms with Gasteiger partial charge in [-0.25, -0.2) is 4.98 Å². The number of carbonyl (C=O) groups is 1. The molecule has 1 aromatic rings. The van der Waals surface area contributed by atoms with E-state index in [0.29, 0.717) is 5.88 Å². The Bertz CT molecular complexity index is 534. The summed E-state index contributed by atoms with van der Waals surface area (Å²) in [5, 5.41) is 0. The SMILES string of the molecule is CN(C)C(=O)/C=C/CCC1(COc2ccc(I)cn2)CCCC1. The number of rotatable bonds is 7. The topological polar surface area (TPSA) is 42.4 Å². The zero-order chi connectivity index (χ0) is 16.7. The van der Waals surface area contributed by atoms with Crippen LogP contribution in [0.4, 0.5) is 0 Å². The van der Waals surface area contributed by atoms with Crippen LogP contribution in [0.3, 0.4) is 0 Å². The Hall–Kier alpha value is -1.11. The van der Waals surface area contributed by atoms with Crippen LogP contribution in [0.25, 0.3) is 0 Å². The molecule has 0 saturated heterocycles. The van der Waals surface area contributed by atoms with Gasteiger partial charge in [0, 0.05) is 35.3 Å². The maximum atomic E-state index is 11.6. The van der Waals surface area contributed by atoms with Crippen molar-refractivity contribution in [3.8, 4) is 5.88 Å². The lowest BCUT2D eigenvalue weighted by Crippen LogP contribution is -2.25. The minimum Gasteiger partial charge on any atom is -0.477 e. The summed E-state index contributed by atoms with van der Waals surface area (Å²) in [6.07, 6.45) is 12.4. The zero-order valence-electron chi connectivity index (χ0n) is 13.9. The largest absolute Gasteiger partial charge is 0.477 e. The van der Waals surface area contributed by atoms with Crippen molar-refractivity contribution in [1.29, 1.82) is 0 Å². The Morgan fingerprint density at radius 1 is 1.39 bits per heavy atom. The molecule has 0 bridgehead atoms. The Morgan fingerprint density at radius 3 is 2.74 bits per heavy atom. The highest BCUT2D eigenvalue weighted by Crippen LogP contribution is 2.42. The molecule has 1 heterocycles. The molecule has 1 aromatic heterocycles.